The largest absolute Gasteiger partial charge is 0.511 e. The molecule has 168 valence electrons. The van der Waals surface area contributed by atoms with Gasteiger partial charge in [0.05, 0.1) is 12.7 Å². The Bertz CT molecular complexity index is 761. The van der Waals surface area contributed by atoms with Gasteiger partial charge in [0.1, 0.15) is 0 Å². The Morgan fingerprint density at radius 1 is 1.31 bits per heavy atom. The number of nitrogens with zero attached hydrogens (tertiary/aromatic N) is 4. The zero-order valence-corrected chi connectivity index (χ0v) is 19.6. The van der Waals surface area contributed by atoms with Crippen molar-refractivity contribution in [3.63, 3.8) is 0 Å². The van der Waals surface area contributed by atoms with Crippen LogP contribution in [0.3, 0.4) is 0 Å². The van der Waals surface area contributed by atoms with Crippen molar-refractivity contribution in [2.45, 2.75) is 38.7 Å². The van der Waals surface area contributed by atoms with Crippen molar-refractivity contribution in [1.82, 2.24) is 24.7 Å². The third-order valence-corrected chi connectivity index (χ3v) is 6.08. The summed E-state index contributed by atoms with van der Waals surface area (Å²) in [6, 6.07) is 0. The van der Waals surface area contributed by atoms with Crippen molar-refractivity contribution < 1.29 is 21.6 Å². The maximum Gasteiger partial charge on any atom is 0.511 e. The molecule has 0 spiro atoms. The maximum absolute atomic E-state index is 12.6. The number of aliphatic imine (C=N–C) groups is 1. The van der Waals surface area contributed by atoms with E-state index in [0.29, 0.717) is 49.3 Å². The monoisotopic (exact) mass is 552 g/mol. The van der Waals surface area contributed by atoms with Crippen LogP contribution in [-0.2, 0) is 16.6 Å². The van der Waals surface area contributed by atoms with Crippen molar-refractivity contribution in [3.8, 4) is 0 Å². The van der Waals surface area contributed by atoms with Crippen LogP contribution in [0.2, 0.25) is 0 Å². The number of halogens is 4. The summed E-state index contributed by atoms with van der Waals surface area (Å²) in [5, 5.41) is 10.5. The van der Waals surface area contributed by atoms with Gasteiger partial charge in [0, 0.05) is 38.9 Å². The van der Waals surface area contributed by atoms with Crippen LogP contribution in [0.5, 0.6) is 0 Å². The van der Waals surface area contributed by atoms with Gasteiger partial charge in [-0.2, -0.15) is 22.6 Å². The molecule has 1 aliphatic rings. The summed E-state index contributed by atoms with van der Waals surface area (Å²) in [4.78, 5) is 4.48. The zero-order chi connectivity index (χ0) is 20.8. The molecule has 2 N–H and O–H groups in total. The van der Waals surface area contributed by atoms with Gasteiger partial charge in [0.25, 0.3) is 0 Å². The third-order valence-electron chi connectivity index (χ3n) is 4.45. The van der Waals surface area contributed by atoms with Crippen molar-refractivity contribution in [3.05, 3.63) is 18.0 Å². The first-order chi connectivity index (χ1) is 13.1. The van der Waals surface area contributed by atoms with E-state index in [0.717, 1.165) is 5.56 Å². The number of sulfonamides is 1. The Morgan fingerprint density at radius 2 is 1.97 bits per heavy atom. The molecule has 0 aliphatic carbocycles. The van der Waals surface area contributed by atoms with Gasteiger partial charge < -0.3 is 10.6 Å². The van der Waals surface area contributed by atoms with Crippen molar-refractivity contribution in [2.75, 3.05) is 32.7 Å². The highest BCUT2D eigenvalue weighted by Gasteiger charge is 2.50. The highest BCUT2D eigenvalue weighted by Crippen LogP contribution is 2.30. The maximum atomic E-state index is 12.6. The molecule has 1 aromatic rings. The lowest BCUT2D eigenvalue weighted by Gasteiger charge is -2.30. The van der Waals surface area contributed by atoms with Gasteiger partial charge in [0.2, 0.25) is 0 Å². The van der Waals surface area contributed by atoms with E-state index >= 15 is 0 Å². The lowest BCUT2D eigenvalue weighted by molar-refractivity contribution is -0.0496. The fraction of sp³-hybridized carbons (Fsp3) is 0.750. The molecule has 1 saturated heterocycles. The van der Waals surface area contributed by atoms with Crippen LogP contribution >= 0.6 is 24.0 Å². The van der Waals surface area contributed by atoms with Crippen LogP contribution in [0, 0.1) is 12.8 Å². The number of guanidine groups is 1. The molecule has 0 saturated carbocycles. The van der Waals surface area contributed by atoms with E-state index in [-0.39, 0.29) is 43.0 Å². The van der Waals surface area contributed by atoms with E-state index in [1.807, 2.05) is 24.7 Å². The Hall–Kier alpha value is -1.09. The smallest absolute Gasteiger partial charge is 0.357 e. The summed E-state index contributed by atoms with van der Waals surface area (Å²) >= 11 is 0. The number of alkyl halides is 3. The van der Waals surface area contributed by atoms with Crippen LogP contribution in [0.1, 0.15) is 25.3 Å². The molecule has 1 fully saturated rings. The molecule has 0 radical (unpaired) electrons. The highest BCUT2D eigenvalue weighted by molar-refractivity contribution is 14.0. The lowest BCUT2D eigenvalue weighted by atomic mass is 9.98. The van der Waals surface area contributed by atoms with E-state index in [9.17, 15) is 21.6 Å². The first-order valence-electron chi connectivity index (χ1n) is 9.21. The Morgan fingerprint density at radius 3 is 2.48 bits per heavy atom. The topological polar surface area (TPSA) is 91.6 Å². The molecule has 0 bridgehead atoms. The highest BCUT2D eigenvalue weighted by atomic mass is 127. The molecule has 13 heteroatoms. The Kier molecular flexibility index (Phi) is 10.1. The first kappa shape index (κ1) is 25.9. The summed E-state index contributed by atoms with van der Waals surface area (Å²) in [5.74, 6) is 0.667. The van der Waals surface area contributed by atoms with Gasteiger partial charge in [-0.05, 0) is 38.2 Å². The zero-order valence-electron chi connectivity index (χ0n) is 16.4. The molecule has 0 aromatic carbocycles. The molecule has 2 heterocycles. The predicted octanol–water partition coefficient (Wildman–Crippen LogP) is 1.93. The molecule has 0 atom stereocenters. The molecule has 8 nitrogen and oxygen atoms in total. The van der Waals surface area contributed by atoms with Gasteiger partial charge in [-0.25, -0.2) is 8.42 Å². The van der Waals surface area contributed by atoms with Crippen molar-refractivity contribution in [2.24, 2.45) is 10.9 Å². The van der Waals surface area contributed by atoms with E-state index in [1.165, 1.54) is 0 Å². The second kappa shape index (κ2) is 11.3. The standard InChI is InChI=1S/C16H27F3N6O2S.HI/c1-3-20-15(21-6-9-24-12-13(2)10-23-24)22-11-14-4-7-25(8-5-14)28(26,27)16(17,18)19;/h10,12,14H,3-9,11H2,1-2H3,(H2,20,21,22);1H. The summed E-state index contributed by atoms with van der Waals surface area (Å²) in [6.45, 7) is 6.03. The Labute approximate surface area is 186 Å². The third kappa shape index (κ3) is 7.59. The number of piperidine rings is 1. The second-order valence-corrected chi connectivity index (χ2v) is 8.65. The van der Waals surface area contributed by atoms with Crippen LogP contribution in [0.25, 0.3) is 0 Å². The summed E-state index contributed by atoms with van der Waals surface area (Å²) < 4.78 is 63.1. The summed E-state index contributed by atoms with van der Waals surface area (Å²) in [7, 11) is -5.23. The molecular formula is C16H28F3IN6O2S. The number of hydrogen-bond donors (Lipinski definition) is 2. The SMILES string of the molecule is CCNC(=NCC1CCN(S(=O)(=O)C(F)(F)F)CC1)NCCn1cc(C)cn1.I. The number of hydrogen-bond acceptors (Lipinski definition) is 4. The molecular weight excluding hydrogens is 524 g/mol. The van der Waals surface area contributed by atoms with E-state index in [4.69, 9.17) is 0 Å². The average Bonchev–Trinajstić information content (AvgIpc) is 3.04. The van der Waals surface area contributed by atoms with E-state index in [1.54, 1.807) is 6.20 Å². The fourth-order valence-electron chi connectivity index (χ4n) is 2.92. The Balaban J connectivity index is 0.00000420. The average molecular weight is 552 g/mol. The predicted molar refractivity (Wildman–Crippen MR) is 116 cm³/mol. The molecule has 1 aromatic heterocycles. The quantitative estimate of drug-likeness (QED) is 0.307. The van der Waals surface area contributed by atoms with Crippen LogP contribution < -0.4 is 10.6 Å². The van der Waals surface area contributed by atoms with Gasteiger partial charge in [-0.1, -0.05) is 0 Å². The number of nitrogens with one attached hydrogen (secondary N) is 2. The first-order valence-corrected chi connectivity index (χ1v) is 10.6. The van der Waals surface area contributed by atoms with Gasteiger partial charge in [-0.3, -0.25) is 9.67 Å². The van der Waals surface area contributed by atoms with Gasteiger partial charge >= 0.3 is 15.5 Å². The minimum absolute atomic E-state index is 0. The molecule has 1 aliphatic heterocycles. The number of aryl methyl sites for hydroxylation is 1. The second-order valence-electron chi connectivity index (χ2n) is 6.72. The van der Waals surface area contributed by atoms with E-state index < -0.39 is 15.5 Å². The van der Waals surface area contributed by atoms with Crippen LogP contribution in [0.4, 0.5) is 13.2 Å². The number of aromatic nitrogens is 2. The van der Waals surface area contributed by atoms with Crippen molar-refractivity contribution >= 4 is 40.0 Å². The lowest BCUT2D eigenvalue weighted by Crippen LogP contribution is -2.45. The van der Waals surface area contributed by atoms with Crippen molar-refractivity contribution in [1.29, 1.82) is 0 Å². The summed E-state index contributed by atoms with van der Waals surface area (Å²) in [6.07, 6.45) is 4.43. The molecule has 0 unspecified atom stereocenters. The fourth-order valence-corrected chi connectivity index (χ4v) is 3.90. The van der Waals surface area contributed by atoms with Crippen LogP contribution in [0.15, 0.2) is 17.4 Å². The molecule has 0 amide bonds. The number of rotatable bonds is 7. The molecule has 29 heavy (non-hydrogen) atoms. The normalized spacial score (nSPS) is 17.1. The van der Waals surface area contributed by atoms with E-state index in [2.05, 4.69) is 20.7 Å². The summed E-state index contributed by atoms with van der Waals surface area (Å²) in [5.41, 5.74) is -4.16. The minimum atomic E-state index is -5.24. The van der Waals surface area contributed by atoms with Crippen LogP contribution in [-0.4, -0.2) is 66.7 Å². The minimum Gasteiger partial charge on any atom is -0.357 e. The van der Waals surface area contributed by atoms with Gasteiger partial charge in [0.15, 0.2) is 5.96 Å². The van der Waals surface area contributed by atoms with Gasteiger partial charge in [-0.15, -0.1) is 24.0 Å². The molecule has 2 rings (SSSR count).